The smallest absolute Gasteiger partial charge is 0.171 e. The number of anilines is 2. The van der Waals surface area contributed by atoms with E-state index in [9.17, 15) is 10.1 Å². The van der Waals surface area contributed by atoms with Crippen molar-refractivity contribution in [2.24, 2.45) is 0 Å². The minimum Gasteiger partial charge on any atom is -0.396 e. The molecule has 2 heterocycles. The molecule has 1 aliphatic heterocycles. The Morgan fingerprint density at radius 2 is 2.22 bits per heavy atom. The normalized spacial score (nSPS) is 16.1. The SMILES string of the molecule is CC(=O)c1sc(N2CCCSCC2)c(C#N)c1N. The van der Waals surface area contributed by atoms with Gasteiger partial charge in [0.05, 0.1) is 10.6 Å². The summed E-state index contributed by atoms with van der Waals surface area (Å²) in [4.78, 5) is 14.2. The summed E-state index contributed by atoms with van der Waals surface area (Å²) in [6.45, 7) is 3.33. The molecular weight excluding hydrogens is 266 g/mol. The Hall–Kier alpha value is -1.19. The lowest BCUT2D eigenvalue weighted by Gasteiger charge is -2.20. The number of hydrogen-bond acceptors (Lipinski definition) is 6. The first-order valence-corrected chi connectivity index (χ1v) is 7.78. The molecule has 0 amide bonds. The highest BCUT2D eigenvalue weighted by Crippen LogP contribution is 2.38. The molecule has 1 aromatic rings. The minimum atomic E-state index is -0.0653. The van der Waals surface area contributed by atoms with Crippen molar-refractivity contribution in [3.05, 3.63) is 10.4 Å². The van der Waals surface area contributed by atoms with E-state index in [4.69, 9.17) is 5.73 Å². The van der Waals surface area contributed by atoms with Crippen molar-refractivity contribution in [1.29, 1.82) is 5.26 Å². The van der Waals surface area contributed by atoms with Crippen LogP contribution in [0.15, 0.2) is 0 Å². The van der Waals surface area contributed by atoms with Gasteiger partial charge in [0.15, 0.2) is 5.78 Å². The van der Waals surface area contributed by atoms with Crippen LogP contribution in [0.3, 0.4) is 0 Å². The lowest BCUT2D eigenvalue weighted by atomic mass is 10.2. The zero-order chi connectivity index (χ0) is 13.1. The Kier molecular flexibility index (Phi) is 4.15. The summed E-state index contributed by atoms with van der Waals surface area (Å²) in [6, 6.07) is 2.14. The molecule has 0 aliphatic carbocycles. The quantitative estimate of drug-likeness (QED) is 0.843. The zero-order valence-corrected chi connectivity index (χ0v) is 11.9. The first kappa shape index (κ1) is 13.2. The van der Waals surface area contributed by atoms with Crippen LogP contribution in [0, 0.1) is 11.3 Å². The maximum absolute atomic E-state index is 11.5. The maximum atomic E-state index is 11.5. The second-order valence-electron chi connectivity index (χ2n) is 4.15. The van der Waals surface area contributed by atoms with Gasteiger partial charge in [0, 0.05) is 25.8 Å². The van der Waals surface area contributed by atoms with Gasteiger partial charge in [-0.05, 0) is 12.2 Å². The number of nitrogens with zero attached hydrogens (tertiary/aromatic N) is 2. The molecule has 1 fully saturated rings. The highest BCUT2D eigenvalue weighted by Gasteiger charge is 2.23. The van der Waals surface area contributed by atoms with E-state index in [1.54, 1.807) is 0 Å². The Morgan fingerprint density at radius 3 is 2.89 bits per heavy atom. The van der Waals surface area contributed by atoms with Crippen LogP contribution in [-0.4, -0.2) is 30.4 Å². The van der Waals surface area contributed by atoms with Crippen molar-refractivity contribution < 1.29 is 4.79 Å². The zero-order valence-electron chi connectivity index (χ0n) is 10.2. The van der Waals surface area contributed by atoms with E-state index >= 15 is 0 Å². The van der Waals surface area contributed by atoms with E-state index in [2.05, 4.69) is 11.0 Å². The Bertz CT molecular complexity index is 496. The number of hydrogen-bond donors (Lipinski definition) is 1. The van der Waals surface area contributed by atoms with Crippen LogP contribution < -0.4 is 10.6 Å². The topological polar surface area (TPSA) is 70.1 Å². The number of nitriles is 1. The van der Waals surface area contributed by atoms with Gasteiger partial charge in [0.25, 0.3) is 0 Å². The molecule has 0 saturated carbocycles. The van der Waals surface area contributed by atoms with Crippen molar-refractivity contribution in [2.45, 2.75) is 13.3 Å². The highest BCUT2D eigenvalue weighted by atomic mass is 32.2. The summed E-state index contributed by atoms with van der Waals surface area (Å²) in [6.07, 6.45) is 1.10. The molecule has 96 valence electrons. The summed E-state index contributed by atoms with van der Waals surface area (Å²) in [5.74, 6) is 2.14. The summed E-state index contributed by atoms with van der Waals surface area (Å²) in [5, 5.41) is 10.1. The van der Waals surface area contributed by atoms with Crippen LogP contribution in [0.1, 0.15) is 28.6 Å². The predicted octanol–water partition coefficient (Wildman–Crippen LogP) is 2.35. The molecule has 2 N–H and O–H groups in total. The number of rotatable bonds is 2. The maximum Gasteiger partial charge on any atom is 0.171 e. The van der Waals surface area contributed by atoms with Gasteiger partial charge in [0.1, 0.15) is 16.6 Å². The molecule has 0 atom stereocenters. The third kappa shape index (κ3) is 2.47. The van der Waals surface area contributed by atoms with E-state index in [1.807, 2.05) is 11.8 Å². The van der Waals surface area contributed by atoms with E-state index in [1.165, 1.54) is 18.3 Å². The van der Waals surface area contributed by atoms with Gasteiger partial charge in [-0.15, -0.1) is 11.3 Å². The first-order chi connectivity index (χ1) is 8.65. The number of Topliss-reactive ketones (excluding diaryl/α,β-unsaturated/α-hetero) is 1. The number of ketones is 1. The number of carbonyl (C=O) groups is 1. The number of carbonyl (C=O) groups excluding carboxylic acids is 1. The van der Waals surface area contributed by atoms with E-state index in [-0.39, 0.29) is 5.78 Å². The van der Waals surface area contributed by atoms with Crippen LogP contribution >= 0.6 is 23.1 Å². The number of thioether (sulfide) groups is 1. The third-order valence-electron chi connectivity index (χ3n) is 2.87. The van der Waals surface area contributed by atoms with Crippen LogP contribution in [0.5, 0.6) is 0 Å². The average molecular weight is 281 g/mol. The second-order valence-corrected chi connectivity index (χ2v) is 6.37. The fourth-order valence-electron chi connectivity index (χ4n) is 1.97. The van der Waals surface area contributed by atoms with Crippen molar-refractivity contribution in [3.8, 4) is 6.07 Å². The van der Waals surface area contributed by atoms with Crippen LogP contribution in [0.4, 0.5) is 10.7 Å². The molecule has 0 radical (unpaired) electrons. The predicted molar refractivity (Wildman–Crippen MR) is 77.6 cm³/mol. The van der Waals surface area contributed by atoms with E-state index < -0.39 is 0 Å². The van der Waals surface area contributed by atoms with Gasteiger partial charge in [-0.1, -0.05) is 0 Å². The van der Waals surface area contributed by atoms with Gasteiger partial charge >= 0.3 is 0 Å². The summed E-state index contributed by atoms with van der Waals surface area (Å²) in [7, 11) is 0. The molecule has 1 aliphatic rings. The summed E-state index contributed by atoms with van der Waals surface area (Å²) >= 11 is 3.28. The minimum absolute atomic E-state index is 0.0653. The average Bonchev–Trinajstić information content (AvgIpc) is 2.54. The van der Waals surface area contributed by atoms with Gasteiger partial charge in [0.2, 0.25) is 0 Å². The molecule has 4 nitrogen and oxygen atoms in total. The lowest BCUT2D eigenvalue weighted by molar-refractivity contribution is 0.102. The fourth-order valence-corrected chi connectivity index (χ4v) is 3.98. The molecule has 6 heteroatoms. The van der Waals surface area contributed by atoms with Crippen LogP contribution in [0.25, 0.3) is 0 Å². The third-order valence-corrected chi connectivity index (χ3v) is 5.28. The summed E-state index contributed by atoms with van der Waals surface area (Å²) in [5.41, 5.74) is 6.72. The highest BCUT2D eigenvalue weighted by molar-refractivity contribution is 7.99. The Labute approximate surface area is 115 Å². The monoisotopic (exact) mass is 281 g/mol. The Balaban J connectivity index is 2.40. The van der Waals surface area contributed by atoms with Crippen LogP contribution in [-0.2, 0) is 0 Å². The number of thiophene rings is 1. The molecule has 2 rings (SSSR count). The Morgan fingerprint density at radius 1 is 1.44 bits per heavy atom. The molecule has 1 saturated heterocycles. The molecular formula is C12H15N3OS2. The molecule has 0 bridgehead atoms. The number of nitrogen functional groups attached to an aromatic ring is 1. The molecule has 18 heavy (non-hydrogen) atoms. The molecule has 1 aromatic heterocycles. The largest absolute Gasteiger partial charge is 0.396 e. The molecule has 0 aromatic carbocycles. The van der Waals surface area contributed by atoms with Gasteiger partial charge in [-0.2, -0.15) is 17.0 Å². The summed E-state index contributed by atoms with van der Waals surface area (Å²) < 4.78 is 0. The van der Waals surface area contributed by atoms with Crippen molar-refractivity contribution in [1.82, 2.24) is 0 Å². The lowest BCUT2D eigenvalue weighted by Crippen LogP contribution is -2.25. The van der Waals surface area contributed by atoms with Gasteiger partial charge < -0.3 is 10.6 Å². The van der Waals surface area contributed by atoms with Crippen molar-refractivity contribution in [3.63, 3.8) is 0 Å². The molecule has 0 unspecified atom stereocenters. The second kappa shape index (κ2) is 5.63. The first-order valence-electron chi connectivity index (χ1n) is 5.81. The standard InChI is InChI=1S/C12H15N3OS2/c1-8(16)11-10(14)9(7-13)12(18-11)15-3-2-5-17-6-4-15/h2-6,14H2,1H3. The number of nitrogens with two attached hydrogens (primary N) is 1. The van der Waals surface area contributed by atoms with Gasteiger partial charge in [-0.3, -0.25) is 4.79 Å². The fraction of sp³-hybridized carbons (Fsp3) is 0.500. The van der Waals surface area contributed by atoms with E-state index in [0.29, 0.717) is 16.1 Å². The van der Waals surface area contributed by atoms with Gasteiger partial charge in [-0.25, -0.2) is 0 Å². The van der Waals surface area contributed by atoms with Crippen molar-refractivity contribution >= 4 is 39.6 Å². The van der Waals surface area contributed by atoms with Crippen LogP contribution in [0.2, 0.25) is 0 Å². The molecule has 0 spiro atoms. The van der Waals surface area contributed by atoms with E-state index in [0.717, 1.165) is 36.0 Å². The van der Waals surface area contributed by atoms with Crippen molar-refractivity contribution in [2.75, 3.05) is 35.2 Å².